The minimum absolute atomic E-state index is 0.0276. The molecule has 0 saturated heterocycles. The zero-order valence-electron chi connectivity index (χ0n) is 17.2. The summed E-state index contributed by atoms with van der Waals surface area (Å²) < 4.78 is 74.6. The Morgan fingerprint density at radius 2 is 1.58 bits per heavy atom. The standard InChI is InChI=1S/C22H15F5N4O2/c1-10-21(28-22(32)14-8-15(33-30-14)12-6-4-3-5-7-12)11(2)31(29-10)9-13-16(23)18(25)20(27)19(26)17(13)24/h3-8H,9H2,1-2H3,(H,28,32). The summed E-state index contributed by atoms with van der Waals surface area (Å²) >= 11 is 0. The van der Waals surface area contributed by atoms with Crippen LogP contribution in [-0.4, -0.2) is 20.8 Å². The highest BCUT2D eigenvalue weighted by atomic mass is 19.2. The summed E-state index contributed by atoms with van der Waals surface area (Å²) in [4.78, 5) is 12.6. The van der Waals surface area contributed by atoms with Gasteiger partial charge in [0.25, 0.3) is 5.91 Å². The molecule has 6 nitrogen and oxygen atoms in total. The van der Waals surface area contributed by atoms with Crippen molar-refractivity contribution < 1.29 is 31.3 Å². The lowest BCUT2D eigenvalue weighted by Gasteiger charge is -2.10. The Balaban J connectivity index is 1.59. The van der Waals surface area contributed by atoms with Gasteiger partial charge in [0.05, 0.1) is 29.2 Å². The molecule has 2 aromatic heterocycles. The summed E-state index contributed by atoms with van der Waals surface area (Å²) in [6.07, 6.45) is 0. The zero-order valence-corrected chi connectivity index (χ0v) is 17.2. The van der Waals surface area contributed by atoms with Crippen LogP contribution in [0.4, 0.5) is 27.6 Å². The fourth-order valence-corrected chi connectivity index (χ4v) is 3.27. The minimum Gasteiger partial charge on any atom is -0.355 e. The molecule has 0 aliphatic carbocycles. The van der Waals surface area contributed by atoms with Gasteiger partial charge in [0.15, 0.2) is 34.7 Å². The van der Waals surface area contributed by atoms with Crippen LogP contribution in [0.25, 0.3) is 11.3 Å². The van der Waals surface area contributed by atoms with E-state index in [2.05, 4.69) is 15.6 Å². The molecule has 1 amide bonds. The fraction of sp³-hybridized carbons (Fsp3) is 0.136. The number of hydrogen-bond donors (Lipinski definition) is 1. The number of aromatic nitrogens is 3. The maximum Gasteiger partial charge on any atom is 0.277 e. The number of nitrogens with one attached hydrogen (secondary N) is 1. The average molecular weight is 462 g/mol. The van der Waals surface area contributed by atoms with E-state index in [1.54, 1.807) is 24.3 Å². The van der Waals surface area contributed by atoms with E-state index in [0.717, 1.165) is 4.68 Å². The smallest absolute Gasteiger partial charge is 0.277 e. The van der Waals surface area contributed by atoms with Crippen LogP contribution >= 0.6 is 0 Å². The second-order valence-electron chi connectivity index (χ2n) is 7.15. The Kier molecular flexibility index (Phi) is 5.71. The molecule has 0 spiro atoms. The lowest BCUT2D eigenvalue weighted by Crippen LogP contribution is -2.15. The largest absolute Gasteiger partial charge is 0.355 e. The van der Waals surface area contributed by atoms with Gasteiger partial charge in [0, 0.05) is 11.6 Å². The molecule has 11 heteroatoms. The number of carbonyl (C=O) groups is 1. The van der Waals surface area contributed by atoms with Gasteiger partial charge in [-0.2, -0.15) is 5.10 Å². The van der Waals surface area contributed by atoms with Crippen molar-refractivity contribution in [3.05, 3.63) is 88.1 Å². The van der Waals surface area contributed by atoms with E-state index < -0.39 is 47.1 Å². The van der Waals surface area contributed by atoms with Gasteiger partial charge in [-0.3, -0.25) is 9.48 Å². The molecule has 33 heavy (non-hydrogen) atoms. The number of nitrogens with zero attached hydrogens (tertiary/aromatic N) is 3. The monoisotopic (exact) mass is 462 g/mol. The third-order valence-corrected chi connectivity index (χ3v) is 5.03. The molecular formula is C22H15F5N4O2. The molecule has 1 N–H and O–H groups in total. The third-order valence-electron chi connectivity index (χ3n) is 5.03. The first-order chi connectivity index (χ1) is 15.7. The fourth-order valence-electron chi connectivity index (χ4n) is 3.27. The van der Waals surface area contributed by atoms with Crippen molar-refractivity contribution in [2.45, 2.75) is 20.4 Å². The number of aryl methyl sites for hydroxylation is 1. The van der Waals surface area contributed by atoms with Gasteiger partial charge >= 0.3 is 0 Å². The van der Waals surface area contributed by atoms with E-state index >= 15 is 0 Å². The zero-order chi connectivity index (χ0) is 23.9. The number of carbonyl (C=O) groups excluding carboxylic acids is 1. The summed E-state index contributed by atoms with van der Waals surface area (Å²) in [7, 11) is 0. The topological polar surface area (TPSA) is 73.0 Å². The molecule has 0 radical (unpaired) electrons. The van der Waals surface area contributed by atoms with Gasteiger partial charge in [-0.15, -0.1) is 0 Å². The molecule has 170 valence electrons. The van der Waals surface area contributed by atoms with Crippen LogP contribution in [-0.2, 0) is 6.54 Å². The van der Waals surface area contributed by atoms with Crippen LogP contribution in [0, 0.1) is 42.9 Å². The lowest BCUT2D eigenvalue weighted by atomic mass is 10.1. The van der Waals surface area contributed by atoms with Crippen LogP contribution in [0.1, 0.15) is 27.4 Å². The third kappa shape index (κ3) is 3.97. The average Bonchev–Trinajstić information content (AvgIpc) is 3.41. The molecule has 0 unspecified atom stereocenters. The SMILES string of the molecule is Cc1nn(Cc2c(F)c(F)c(F)c(F)c2F)c(C)c1NC(=O)c1cc(-c2ccccc2)on1. The summed E-state index contributed by atoms with van der Waals surface area (Å²) in [5.41, 5.74) is 0.340. The van der Waals surface area contributed by atoms with Gasteiger partial charge in [0.1, 0.15) is 0 Å². The highest BCUT2D eigenvalue weighted by molar-refractivity contribution is 6.03. The molecule has 0 saturated carbocycles. The Morgan fingerprint density at radius 3 is 2.21 bits per heavy atom. The van der Waals surface area contributed by atoms with Crippen LogP contribution in [0.15, 0.2) is 40.9 Å². The first-order valence-corrected chi connectivity index (χ1v) is 9.56. The molecular weight excluding hydrogens is 447 g/mol. The molecule has 4 aromatic rings. The lowest BCUT2D eigenvalue weighted by molar-refractivity contribution is 0.101. The number of hydrogen-bond acceptors (Lipinski definition) is 4. The Morgan fingerprint density at radius 1 is 0.970 bits per heavy atom. The van der Waals surface area contributed by atoms with Crippen molar-refractivity contribution in [2.24, 2.45) is 0 Å². The van der Waals surface area contributed by atoms with Crippen LogP contribution in [0.5, 0.6) is 0 Å². The molecule has 0 aliphatic heterocycles. The van der Waals surface area contributed by atoms with Gasteiger partial charge in [-0.1, -0.05) is 35.5 Å². The molecule has 0 fully saturated rings. The number of amides is 1. The van der Waals surface area contributed by atoms with Crippen molar-refractivity contribution in [3.63, 3.8) is 0 Å². The van der Waals surface area contributed by atoms with Crippen LogP contribution < -0.4 is 5.32 Å². The number of halogens is 5. The van der Waals surface area contributed by atoms with E-state index in [-0.39, 0.29) is 22.8 Å². The van der Waals surface area contributed by atoms with Crippen molar-refractivity contribution in [1.82, 2.24) is 14.9 Å². The Bertz CT molecular complexity index is 1340. The predicted octanol–water partition coefficient (Wildman–Crippen LogP) is 5.15. The molecule has 0 atom stereocenters. The Labute approximate surface area is 183 Å². The maximum absolute atomic E-state index is 14.1. The van der Waals surface area contributed by atoms with Gasteiger partial charge in [0.2, 0.25) is 5.82 Å². The summed E-state index contributed by atoms with van der Waals surface area (Å²) in [6, 6.07) is 10.4. The van der Waals surface area contributed by atoms with Crippen molar-refractivity contribution in [3.8, 4) is 11.3 Å². The first kappa shape index (κ1) is 22.2. The van der Waals surface area contributed by atoms with Crippen LogP contribution in [0.3, 0.4) is 0 Å². The molecule has 2 heterocycles. The number of anilines is 1. The molecule has 0 bridgehead atoms. The van der Waals surface area contributed by atoms with Crippen LogP contribution in [0.2, 0.25) is 0 Å². The van der Waals surface area contributed by atoms with E-state index in [4.69, 9.17) is 4.52 Å². The van der Waals surface area contributed by atoms with E-state index in [0.29, 0.717) is 11.3 Å². The second-order valence-corrected chi connectivity index (χ2v) is 7.15. The highest BCUT2D eigenvalue weighted by Crippen LogP contribution is 2.27. The van der Waals surface area contributed by atoms with E-state index in [1.165, 1.54) is 19.9 Å². The maximum atomic E-state index is 14.1. The first-order valence-electron chi connectivity index (χ1n) is 9.56. The quantitative estimate of drug-likeness (QED) is 0.253. The summed E-state index contributed by atoms with van der Waals surface area (Å²) in [5, 5.41) is 10.4. The molecule has 0 aliphatic rings. The van der Waals surface area contributed by atoms with Gasteiger partial charge in [-0.05, 0) is 13.8 Å². The van der Waals surface area contributed by atoms with E-state index in [9.17, 15) is 26.7 Å². The van der Waals surface area contributed by atoms with Crippen molar-refractivity contribution >= 4 is 11.6 Å². The van der Waals surface area contributed by atoms with Gasteiger partial charge < -0.3 is 9.84 Å². The second kappa shape index (κ2) is 8.49. The highest BCUT2D eigenvalue weighted by Gasteiger charge is 2.27. The number of rotatable bonds is 5. The van der Waals surface area contributed by atoms with Crippen molar-refractivity contribution in [2.75, 3.05) is 5.32 Å². The van der Waals surface area contributed by atoms with Crippen molar-refractivity contribution in [1.29, 1.82) is 0 Å². The predicted molar refractivity (Wildman–Crippen MR) is 107 cm³/mol. The minimum atomic E-state index is -2.24. The Hall–Kier alpha value is -4.02. The molecule has 4 rings (SSSR count). The summed E-state index contributed by atoms with van der Waals surface area (Å²) in [6.45, 7) is 2.24. The number of benzene rings is 2. The summed E-state index contributed by atoms with van der Waals surface area (Å²) in [5.74, 6) is -10.5. The molecule has 2 aromatic carbocycles. The van der Waals surface area contributed by atoms with Gasteiger partial charge in [-0.25, -0.2) is 22.0 Å². The normalized spacial score (nSPS) is 11.1. The van der Waals surface area contributed by atoms with E-state index in [1.807, 2.05) is 6.07 Å².